The first-order chi connectivity index (χ1) is 13.5. The minimum atomic E-state index is -0.162. The van der Waals surface area contributed by atoms with E-state index in [2.05, 4.69) is 16.0 Å². The zero-order valence-corrected chi connectivity index (χ0v) is 16.4. The van der Waals surface area contributed by atoms with E-state index in [0.717, 1.165) is 30.5 Å². The van der Waals surface area contributed by atoms with Crippen LogP contribution in [-0.4, -0.2) is 23.4 Å². The number of rotatable bonds is 5. The van der Waals surface area contributed by atoms with Crippen molar-refractivity contribution in [2.45, 2.75) is 50.2 Å². The maximum atomic E-state index is 12.4. The summed E-state index contributed by atoms with van der Waals surface area (Å²) in [5.74, 6) is 0.00912. The van der Waals surface area contributed by atoms with E-state index in [1.807, 2.05) is 24.3 Å². The molecule has 1 unspecified atom stereocenters. The maximum absolute atomic E-state index is 12.4. The number of benzene rings is 2. The number of carbonyl (C=O) groups is 2. The summed E-state index contributed by atoms with van der Waals surface area (Å²) < 4.78 is 0. The Morgan fingerprint density at radius 3 is 2.68 bits per heavy atom. The Morgan fingerprint density at radius 2 is 1.96 bits per heavy atom. The molecule has 2 fully saturated rings. The van der Waals surface area contributed by atoms with Crippen LogP contribution in [0.5, 0.6) is 0 Å². The lowest BCUT2D eigenvalue weighted by molar-refractivity contribution is -0.128. The molecule has 3 N–H and O–H groups in total. The Bertz CT molecular complexity index is 878. The molecule has 2 aliphatic rings. The lowest BCUT2D eigenvalue weighted by Gasteiger charge is -2.51. The van der Waals surface area contributed by atoms with Gasteiger partial charge in [0.25, 0.3) is 5.91 Å². The second-order valence-electron chi connectivity index (χ2n) is 7.69. The molecule has 1 aliphatic heterocycles. The van der Waals surface area contributed by atoms with Gasteiger partial charge in [0, 0.05) is 35.3 Å². The van der Waals surface area contributed by atoms with Crippen LogP contribution in [0.2, 0.25) is 5.02 Å². The van der Waals surface area contributed by atoms with Crippen LogP contribution in [0.25, 0.3) is 0 Å². The van der Waals surface area contributed by atoms with Gasteiger partial charge in [0.2, 0.25) is 5.91 Å². The van der Waals surface area contributed by atoms with Crippen molar-refractivity contribution in [2.24, 2.45) is 0 Å². The SMILES string of the molecule is O=C1CCC(NCc2cccc(NC(=O)c3ccc(Cl)cc3)c2)C2(CCC2)N1. The predicted molar refractivity (Wildman–Crippen MR) is 110 cm³/mol. The third-order valence-electron chi connectivity index (χ3n) is 5.81. The number of nitrogens with one attached hydrogen (secondary N) is 3. The largest absolute Gasteiger partial charge is 0.349 e. The van der Waals surface area contributed by atoms with Gasteiger partial charge in [-0.15, -0.1) is 0 Å². The Morgan fingerprint density at radius 1 is 1.18 bits per heavy atom. The fourth-order valence-electron chi connectivity index (χ4n) is 4.11. The van der Waals surface area contributed by atoms with Gasteiger partial charge in [-0.3, -0.25) is 9.59 Å². The highest BCUT2D eigenvalue weighted by molar-refractivity contribution is 6.30. The molecule has 28 heavy (non-hydrogen) atoms. The Labute approximate surface area is 169 Å². The summed E-state index contributed by atoms with van der Waals surface area (Å²) >= 11 is 5.88. The van der Waals surface area contributed by atoms with Crippen LogP contribution < -0.4 is 16.0 Å². The van der Waals surface area contributed by atoms with E-state index in [1.165, 1.54) is 6.42 Å². The summed E-state index contributed by atoms with van der Waals surface area (Å²) in [5.41, 5.74) is 2.36. The predicted octanol–water partition coefficient (Wildman–Crippen LogP) is 3.88. The quantitative estimate of drug-likeness (QED) is 0.717. The second kappa shape index (κ2) is 7.94. The second-order valence-corrected chi connectivity index (χ2v) is 8.13. The minimum Gasteiger partial charge on any atom is -0.349 e. The summed E-state index contributed by atoms with van der Waals surface area (Å²) in [6, 6.07) is 15.0. The van der Waals surface area contributed by atoms with E-state index in [0.29, 0.717) is 29.6 Å². The molecular formula is C22H24ClN3O2. The average Bonchev–Trinajstić information content (AvgIpc) is 2.66. The molecule has 0 radical (unpaired) electrons. The molecule has 1 spiro atoms. The van der Waals surface area contributed by atoms with Crippen molar-refractivity contribution in [3.63, 3.8) is 0 Å². The van der Waals surface area contributed by atoms with Crippen LogP contribution in [0.4, 0.5) is 5.69 Å². The van der Waals surface area contributed by atoms with E-state index < -0.39 is 0 Å². The Kier molecular flexibility index (Phi) is 5.38. The van der Waals surface area contributed by atoms with Crippen molar-refractivity contribution >= 4 is 29.1 Å². The van der Waals surface area contributed by atoms with Crippen LogP contribution in [0.3, 0.4) is 0 Å². The molecule has 2 aromatic carbocycles. The van der Waals surface area contributed by atoms with Crippen LogP contribution in [-0.2, 0) is 11.3 Å². The molecule has 2 aromatic rings. The molecule has 146 valence electrons. The third kappa shape index (κ3) is 4.05. The number of piperidine rings is 1. The Hall–Kier alpha value is -2.37. The molecule has 0 bridgehead atoms. The smallest absolute Gasteiger partial charge is 0.255 e. The standard InChI is InChI=1S/C22H24ClN3O2/c23-17-7-5-16(6-8-17)21(28)25-18-4-1-3-15(13-18)14-24-19-9-10-20(27)26-22(19)11-2-12-22/h1,3-8,13,19,24H,2,9-12,14H2,(H,25,28)(H,26,27). The monoisotopic (exact) mass is 397 g/mol. The number of halogens is 1. The van der Waals surface area contributed by atoms with Crippen molar-refractivity contribution in [2.75, 3.05) is 5.32 Å². The van der Waals surface area contributed by atoms with Gasteiger partial charge in [0.15, 0.2) is 0 Å². The van der Waals surface area contributed by atoms with Gasteiger partial charge in [0.1, 0.15) is 0 Å². The number of hydrogen-bond donors (Lipinski definition) is 3. The Balaban J connectivity index is 1.38. The third-order valence-corrected chi connectivity index (χ3v) is 6.06. The van der Waals surface area contributed by atoms with Gasteiger partial charge in [0.05, 0.1) is 5.54 Å². The molecule has 1 saturated carbocycles. The number of carbonyl (C=O) groups excluding carboxylic acids is 2. The van der Waals surface area contributed by atoms with Crippen LogP contribution >= 0.6 is 11.6 Å². The van der Waals surface area contributed by atoms with Crippen molar-refractivity contribution in [1.82, 2.24) is 10.6 Å². The fourth-order valence-corrected chi connectivity index (χ4v) is 4.24. The highest BCUT2D eigenvalue weighted by atomic mass is 35.5. The number of hydrogen-bond acceptors (Lipinski definition) is 3. The van der Waals surface area contributed by atoms with Crippen molar-refractivity contribution in [1.29, 1.82) is 0 Å². The summed E-state index contributed by atoms with van der Waals surface area (Å²) in [6.07, 6.45) is 4.72. The normalized spacial score (nSPS) is 20.3. The maximum Gasteiger partial charge on any atom is 0.255 e. The molecule has 2 amide bonds. The van der Waals surface area contributed by atoms with Crippen molar-refractivity contribution in [3.05, 3.63) is 64.7 Å². The summed E-state index contributed by atoms with van der Waals surface area (Å²) in [6.45, 7) is 0.701. The van der Waals surface area contributed by atoms with E-state index >= 15 is 0 Å². The van der Waals surface area contributed by atoms with Crippen LogP contribution in [0, 0.1) is 0 Å². The van der Waals surface area contributed by atoms with E-state index in [9.17, 15) is 9.59 Å². The molecule has 0 aromatic heterocycles. The van der Waals surface area contributed by atoms with Crippen molar-refractivity contribution in [3.8, 4) is 0 Å². The van der Waals surface area contributed by atoms with E-state index in [1.54, 1.807) is 24.3 Å². The highest BCUT2D eigenvalue weighted by Gasteiger charge is 2.47. The molecule has 5 nitrogen and oxygen atoms in total. The lowest BCUT2D eigenvalue weighted by Crippen LogP contribution is -2.67. The zero-order chi connectivity index (χ0) is 19.6. The molecular weight excluding hydrogens is 374 g/mol. The highest BCUT2D eigenvalue weighted by Crippen LogP contribution is 2.39. The van der Waals surface area contributed by atoms with Crippen LogP contribution in [0.15, 0.2) is 48.5 Å². The summed E-state index contributed by atoms with van der Waals surface area (Å²) in [5, 5.41) is 10.4. The molecule has 1 saturated heterocycles. The first-order valence-electron chi connectivity index (χ1n) is 9.74. The van der Waals surface area contributed by atoms with Crippen LogP contribution in [0.1, 0.15) is 48.0 Å². The number of anilines is 1. The van der Waals surface area contributed by atoms with Gasteiger partial charge in [-0.25, -0.2) is 0 Å². The van der Waals surface area contributed by atoms with Gasteiger partial charge < -0.3 is 16.0 Å². The van der Waals surface area contributed by atoms with Gasteiger partial charge >= 0.3 is 0 Å². The van der Waals surface area contributed by atoms with Gasteiger partial charge in [-0.1, -0.05) is 23.7 Å². The minimum absolute atomic E-state index is 0.0598. The number of amides is 2. The van der Waals surface area contributed by atoms with Crippen molar-refractivity contribution < 1.29 is 9.59 Å². The molecule has 1 atom stereocenters. The topological polar surface area (TPSA) is 70.2 Å². The summed E-state index contributed by atoms with van der Waals surface area (Å²) in [4.78, 5) is 24.2. The van der Waals surface area contributed by atoms with E-state index in [-0.39, 0.29) is 17.4 Å². The summed E-state index contributed by atoms with van der Waals surface area (Å²) in [7, 11) is 0. The first-order valence-corrected chi connectivity index (χ1v) is 10.1. The molecule has 1 heterocycles. The van der Waals surface area contributed by atoms with Gasteiger partial charge in [-0.2, -0.15) is 0 Å². The molecule has 4 rings (SSSR count). The van der Waals surface area contributed by atoms with Gasteiger partial charge in [-0.05, 0) is 67.6 Å². The molecule has 1 aliphatic carbocycles. The van der Waals surface area contributed by atoms with E-state index in [4.69, 9.17) is 11.6 Å². The fraction of sp³-hybridized carbons (Fsp3) is 0.364. The first kappa shape index (κ1) is 19.0. The zero-order valence-electron chi connectivity index (χ0n) is 15.6. The average molecular weight is 398 g/mol. The molecule has 6 heteroatoms. The lowest BCUT2D eigenvalue weighted by atomic mass is 9.68.